The van der Waals surface area contributed by atoms with Crippen molar-refractivity contribution in [3.63, 3.8) is 0 Å². The number of nitrogens with one attached hydrogen (secondary N) is 1. The fourth-order valence-electron chi connectivity index (χ4n) is 4.49. The zero-order chi connectivity index (χ0) is 23.9. The first-order valence-corrected chi connectivity index (χ1v) is 12.3. The SMILES string of the molecule is C=C=C=C/C=C\N(C=C)C(/C=C\C)C(=C)/C=C/C1=CCC(CNC2CC=C[C@@H](C)C2)CCC1. The molecular formula is C31H42N2. The van der Waals surface area contributed by atoms with Gasteiger partial charge in [-0.2, -0.15) is 0 Å². The monoisotopic (exact) mass is 442 g/mol. The van der Waals surface area contributed by atoms with Crippen LogP contribution in [0.5, 0.6) is 0 Å². The van der Waals surface area contributed by atoms with Gasteiger partial charge in [0.05, 0.1) is 6.04 Å². The summed E-state index contributed by atoms with van der Waals surface area (Å²) in [6, 6.07) is 0.671. The molecule has 0 aliphatic heterocycles. The minimum absolute atomic E-state index is 0.0244. The van der Waals surface area contributed by atoms with Crippen LogP contribution >= 0.6 is 0 Å². The lowest BCUT2D eigenvalue weighted by Gasteiger charge is -2.25. The van der Waals surface area contributed by atoms with Crippen LogP contribution in [0.2, 0.25) is 0 Å². The van der Waals surface area contributed by atoms with E-state index in [2.05, 4.69) is 86.0 Å². The summed E-state index contributed by atoms with van der Waals surface area (Å²) in [7, 11) is 0. The molecule has 176 valence electrons. The molecule has 2 aliphatic rings. The van der Waals surface area contributed by atoms with Gasteiger partial charge in [-0.15, -0.1) is 0 Å². The summed E-state index contributed by atoms with van der Waals surface area (Å²) in [6.07, 6.45) is 30.5. The molecule has 3 unspecified atom stereocenters. The average molecular weight is 443 g/mol. The molecule has 0 radical (unpaired) electrons. The minimum atomic E-state index is 0.0244. The third-order valence-electron chi connectivity index (χ3n) is 6.37. The zero-order valence-corrected chi connectivity index (χ0v) is 20.7. The second-order valence-corrected chi connectivity index (χ2v) is 9.09. The Labute approximate surface area is 202 Å². The van der Waals surface area contributed by atoms with Gasteiger partial charge in [0.2, 0.25) is 0 Å². The molecule has 33 heavy (non-hydrogen) atoms. The van der Waals surface area contributed by atoms with Gasteiger partial charge in [0, 0.05) is 12.2 Å². The van der Waals surface area contributed by atoms with Gasteiger partial charge in [0.15, 0.2) is 0 Å². The molecule has 2 nitrogen and oxygen atoms in total. The van der Waals surface area contributed by atoms with E-state index >= 15 is 0 Å². The van der Waals surface area contributed by atoms with Crippen molar-refractivity contribution < 1.29 is 0 Å². The third kappa shape index (κ3) is 9.72. The van der Waals surface area contributed by atoms with Gasteiger partial charge in [0.25, 0.3) is 0 Å². The van der Waals surface area contributed by atoms with Gasteiger partial charge in [-0.1, -0.05) is 79.6 Å². The van der Waals surface area contributed by atoms with Crippen molar-refractivity contribution in [2.75, 3.05) is 6.54 Å². The summed E-state index contributed by atoms with van der Waals surface area (Å²) in [5.41, 5.74) is 7.91. The third-order valence-corrected chi connectivity index (χ3v) is 6.37. The van der Waals surface area contributed by atoms with Crippen LogP contribution in [-0.2, 0) is 0 Å². The Hall–Kier alpha value is -2.76. The van der Waals surface area contributed by atoms with Crippen LogP contribution < -0.4 is 5.32 Å². The van der Waals surface area contributed by atoms with E-state index in [1.165, 1.54) is 31.3 Å². The summed E-state index contributed by atoms with van der Waals surface area (Å²) in [6.45, 7) is 17.3. The summed E-state index contributed by atoms with van der Waals surface area (Å²) in [4.78, 5) is 2.04. The summed E-state index contributed by atoms with van der Waals surface area (Å²) >= 11 is 0. The Morgan fingerprint density at radius 2 is 2.21 bits per heavy atom. The van der Waals surface area contributed by atoms with Crippen LogP contribution in [0.1, 0.15) is 52.4 Å². The van der Waals surface area contributed by atoms with E-state index in [0.717, 1.165) is 30.9 Å². The quantitative estimate of drug-likeness (QED) is 0.202. The minimum Gasteiger partial charge on any atom is -0.344 e. The number of rotatable bonds is 11. The standard InChI is InChI=1S/C31H42N2/c1-6-9-10-11-23-33(8-3)31(14-7-2)27(5)19-20-28-16-13-17-29(22-21-28)25-32-30-18-12-15-26(4)24-30/h7-8,10-12,14-15,19-21,23,26,29-32H,1,3,5,13,16-18,22,24-25H2,2,4H3/b14-7-,20-19+,23-11-/t26-,29?,30?,31?/m1/s1. The van der Waals surface area contributed by atoms with E-state index in [9.17, 15) is 0 Å². The smallest absolute Gasteiger partial charge is 0.0757 e. The maximum absolute atomic E-state index is 4.34. The van der Waals surface area contributed by atoms with Crippen LogP contribution in [0.25, 0.3) is 0 Å². The number of hydrogen-bond donors (Lipinski definition) is 1. The molecule has 0 saturated heterocycles. The average Bonchev–Trinajstić information content (AvgIpc) is 3.05. The lowest BCUT2D eigenvalue weighted by molar-refractivity contribution is 0.369. The van der Waals surface area contributed by atoms with Gasteiger partial charge < -0.3 is 10.2 Å². The van der Waals surface area contributed by atoms with Crippen molar-refractivity contribution in [2.45, 2.75) is 64.5 Å². The molecule has 1 N–H and O–H groups in total. The van der Waals surface area contributed by atoms with E-state index in [1.807, 2.05) is 30.3 Å². The first-order chi connectivity index (χ1) is 16.1. The lowest BCUT2D eigenvalue weighted by Crippen LogP contribution is -2.35. The Bertz CT molecular complexity index is 869. The van der Waals surface area contributed by atoms with E-state index in [4.69, 9.17) is 0 Å². The fourth-order valence-corrected chi connectivity index (χ4v) is 4.49. The van der Waals surface area contributed by atoms with Crippen molar-refractivity contribution in [2.24, 2.45) is 11.8 Å². The number of allylic oxidation sites excluding steroid dienone is 7. The molecule has 2 heteroatoms. The summed E-state index contributed by atoms with van der Waals surface area (Å²) in [5, 5.41) is 3.83. The van der Waals surface area contributed by atoms with Gasteiger partial charge in [-0.05, 0) is 94.3 Å². The molecule has 2 aliphatic carbocycles. The van der Waals surface area contributed by atoms with E-state index in [0.29, 0.717) is 12.0 Å². The van der Waals surface area contributed by atoms with Gasteiger partial charge in [-0.25, -0.2) is 0 Å². The predicted octanol–water partition coefficient (Wildman–Crippen LogP) is 7.56. The Kier molecular flexibility index (Phi) is 12.2. The normalized spacial score (nSPS) is 24.2. The van der Waals surface area contributed by atoms with E-state index < -0.39 is 0 Å². The number of nitrogens with zero attached hydrogens (tertiary/aromatic N) is 1. The van der Waals surface area contributed by atoms with Crippen LogP contribution in [0, 0.1) is 11.8 Å². The van der Waals surface area contributed by atoms with Gasteiger partial charge in [-0.3, -0.25) is 0 Å². The highest BCUT2D eigenvalue weighted by atomic mass is 15.1. The maximum Gasteiger partial charge on any atom is 0.0757 e. The van der Waals surface area contributed by atoms with Gasteiger partial charge >= 0.3 is 0 Å². The largest absolute Gasteiger partial charge is 0.344 e. The summed E-state index contributed by atoms with van der Waals surface area (Å²) < 4.78 is 0. The molecular weight excluding hydrogens is 400 g/mol. The van der Waals surface area contributed by atoms with Crippen LogP contribution in [0.3, 0.4) is 0 Å². The molecule has 0 heterocycles. The second-order valence-electron chi connectivity index (χ2n) is 9.09. The van der Waals surface area contributed by atoms with Crippen LogP contribution in [0.4, 0.5) is 0 Å². The Balaban J connectivity index is 1.94. The lowest BCUT2D eigenvalue weighted by atomic mass is 9.92. The number of hydrogen-bond acceptors (Lipinski definition) is 2. The van der Waals surface area contributed by atoms with Crippen LogP contribution in [-0.4, -0.2) is 23.5 Å². The first kappa shape index (κ1) is 26.5. The van der Waals surface area contributed by atoms with Crippen molar-refractivity contribution >= 4 is 0 Å². The molecule has 2 rings (SSSR count). The fraction of sp³-hybridized carbons (Fsp3) is 0.419. The predicted molar refractivity (Wildman–Crippen MR) is 145 cm³/mol. The first-order valence-electron chi connectivity index (χ1n) is 12.3. The van der Waals surface area contributed by atoms with E-state index in [-0.39, 0.29) is 6.04 Å². The molecule has 0 spiro atoms. The second kappa shape index (κ2) is 15.1. The topological polar surface area (TPSA) is 15.3 Å². The molecule has 0 fully saturated rings. The highest BCUT2D eigenvalue weighted by Gasteiger charge is 2.17. The zero-order valence-electron chi connectivity index (χ0n) is 20.7. The molecule has 0 saturated carbocycles. The molecule has 0 aromatic heterocycles. The molecule has 0 aromatic rings. The van der Waals surface area contributed by atoms with E-state index in [1.54, 1.807) is 6.08 Å². The Morgan fingerprint density at radius 1 is 1.36 bits per heavy atom. The van der Waals surface area contributed by atoms with Crippen molar-refractivity contribution in [1.29, 1.82) is 0 Å². The molecule has 0 bridgehead atoms. The molecule has 0 amide bonds. The highest BCUT2D eigenvalue weighted by Crippen LogP contribution is 2.25. The molecule has 4 atom stereocenters. The Morgan fingerprint density at radius 3 is 2.94 bits per heavy atom. The highest BCUT2D eigenvalue weighted by molar-refractivity contribution is 5.33. The van der Waals surface area contributed by atoms with Crippen molar-refractivity contribution in [3.8, 4) is 0 Å². The molecule has 0 aromatic carbocycles. The van der Waals surface area contributed by atoms with Crippen molar-refractivity contribution in [1.82, 2.24) is 10.2 Å². The maximum atomic E-state index is 4.34. The van der Waals surface area contributed by atoms with Crippen molar-refractivity contribution in [3.05, 3.63) is 109 Å². The van der Waals surface area contributed by atoms with Crippen LogP contribution in [0.15, 0.2) is 109 Å². The summed E-state index contributed by atoms with van der Waals surface area (Å²) in [5.74, 6) is 1.43. The van der Waals surface area contributed by atoms with Gasteiger partial charge in [0.1, 0.15) is 0 Å².